The van der Waals surface area contributed by atoms with Crippen LogP contribution in [0, 0.1) is 5.41 Å². The Morgan fingerprint density at radius 3 is 2.79 bits per heavy atom. The standard InChI is InChI=1S/C13H26N4O2/c1-5-7-14-9-11-16-17-12(19-11)15-10-13(2,3)6-8-18-4/h14H,5-10H2,1-4H3,(H,15,17). The number of ether oxygens (including phenoxy) is 1. The van der Waals surface area contributed by atoms with Crippen LogP contribution in [0.1, 0.15) is 39.5 Å². The average molecular weight is 270 g/mol. The summed E-state index contributed by atoms with van der Waals surface area (Å²) in [5, 5.41) is 14.4. The zero-order valence-electron chi connectivity index (χ0n) is 12.5. The van der Waals surface area contributed by atoms with Crippen LogP contribution in [-0.4, -0.2) is 37.0 Å². The highest BCUT2D eigenvalue weighted by atomic mass is 16.5. The highest BCUT2D eigenvalue weighted by Crippen LogP contribution is 2.20. The summed E-state index contributed by atoms with van der Waals surface area (Å²) in [6.07, 6.45) is 2.07. The van der Waals surface area contributed by atoms with Gasteiger partial charge in [-0.25, -0.2) is 0 Å². The smallest absolute Gasteiger partial charge is 0.315 e. The van der Waals surface area contributed by atoms with E-state index in [9.17, 15) is 0 Å². The molecule has 0 saturated heterocycles. The van der Waals surface area contributed by atoms with Gasteiger partial charge in [0.25, 0.3) is 0 Å². The Morgan fingerprint density at radius 2 is 2.11 bits per heavy atom. The van der Waals surface area contributed by atoms with Crippen molar-refractivity contribution in [1.29, 1.82) is 0 Å². The van der Waals surface area contributed by atoms with Gasteiger partial charge in [0.15, 0.2) is 0 Å². The fourth-order valence-electron chi connectivity index (χ4n) is 1.55. The summed E-state index contributed by atoms with van der Waals surface area (Å²) >= 11 is 0. The highest BCUT2D eigenvalue weighted by Gasteiger charge is 2.18. The molecule has 0 bridgehead atoms. The number of nitrogens with one attached hydrogen (secondary N) is 2. The molecule has 0 aliphatic carbocycles. The molecule has 19 heavy (non-hydrogen) atoms. The predicted molar refractivity (Wildman–Crippen MR) is 75.1 cm³/mol. The molecule has 0 saturated carbocycles. The van der Waals surface area contributed by atoms with Gasteiger partial charge >= 0.3 is 6.01 Å². The molecule has 0 fully saturated rings. The zero-order valence-corrected chi connectivity index (χ0v) is 12.5. The van der Waals surface area contributed by atoms with Crippen molar-refractivity contribution in [1.82, 2.24) is 15.5 Å². The van der Waals surface area contributed by atoms with Gasteiger partial charge in [-0.05, 0) is 24.8 Å². The molecule has 6 nitrogen and oxygen atoms in total. The molecule has 0 amide bonds. The van der Waals surface area contributed by atoms with Crippen molar-refractivity contribution in [3.8, 4) is 0 Å². The van der Waals surface area contributed by atoms with Gasteiger partial charge in [-0.15, -0.1) is 5.10 Å². The lowest BCUT2D eigenvalue weighted by atomic mass is 9.90. The van der Waals surface area contributed by atoms with E-state index in [0.717, 1.165) is 32.5 Å². The molecule has 1 heterocycles. The molecule has 1 aromatic heterocycles. The van der Waals surface area contributed by atoms with Gasteiger partial charge in [-0.2, -0.15) is 0 Å². The Morgan fingerprint density at radius 1 is 1.32 bits per heavy atom. The van der Waals surface area contributed by atoms with Crippen LogP contribution in [-0.2, 0) is 11.3 Å². The minimum Gasteiger partial charge on any atom is -0.407 e. The van der Waals surface area contributed by atoms with Crippen LogP contribution in [0.2, 0.25) is 0 Å². The molecule has 0 unspecified atom stereocenters. The Labute approximate surface area is 115 Å². The van der Waals surface area contributed by atoms with Gasteiger partial charge in [0.2, 0.25) is 5.89 Å². The number of anilines is 1. The van der Waals surface area contributed by atoms with Crippen LogP contribution < -0.4 is 10.6 Å². The lowest BCUT2D eigenvalue weighted by Crippen LogP contribution is -2.24. The Hall–Kier alpha value is -1.14. The molecule has 0 aliphatic heterocycles. The van der Waals surface area contributed by atoms with Gasteiger partial charge in [0.1, 0.15) is 0 Å². The molecular weight excluding hydrogens is 244 g/mol. The van der Waals surface area contributed by atoms with Crippen LogP contribution in [0.25, 0.3) is 0 Å². The Kier molecular flexibility index (Phi) is 6.80. The molecule has 110 valence electrons. The first-order valence-corrected chi connectivity index (χ1v) is 6.83. The SMILES string of the molecule is CCCNCc1nnc(NCC(C)(C)CCOC)o1. The summed E-state index contributed by atoms with van der Waals surface area (Å²) in [4.78, 5) is 0. The summed E-state index contributed by atoms with van der Waals surface area (Å²) in [6, 6.07) is 0.485. The van der Waals surface area contributed by atoms with Crippen molar-refractivity contribution in [3.63, 3.8) is 0 Å². The maximum absolute atomic E-state index is 5.50. The Balaban J connectivity index is 2.32. The third-order valence-electron chi connectivity index (χ3n) is 2.87. The quantitative estimate of drug-likeness (QED) is 0.634. The van der Waals surface area contributed by atoms with Gasteiger partial charge in [-0.3, -0.25) is 0 Å². The van der Waals surface area contributed by atoms with Gasteiger partial charge in [0.05, 0.1) is 6.54 Å². The average Bonchev–Trinajstić information content (AvgIpc) is 2.83. The second-order valence-corrected chi connectivity index (χ2v) is 5.44. The molecule has 6 heteroatoms. The van der Waals surface area contributed by atoms with Crippen LogP contribution in [0.3, 0.4) is 0 Å². The van der Waals surface area contributed by atoms with Crippen molar-refractivity contribution in [2.45, 2.75) is 40.2 Å². The second kappa shape index (κ2) is 8.12. The number of methoxy groups -OCH3 is 1. The van der Waals surface area contributed by atoms with Crippen molar-refractivity contribution < 1.29 is 9.15 Å². The molecule has 0 radical (unpaired) electrons. The van der Waals surface area contributed by atoms with Gasteiger partial charge < -0.3 is 19.8 Å². The van der Waals surface area contributed by atoms with E-state index in [1.165, 1.54) is 0 Å². The predicted octanol–water partition coefficient (Wildman–Crippen LogP) is 2.04. The van der Waals surface area contributed by atoms with E-state index >= 15 is 0 Å². The van der Waals surface area contributed by atoms with Crippen molar-refractivity contribution in [3.05, 3.63) is 5.89 Å². The highest BCUT2D eigenvalue weighted by molar-refractivity contribution is 5.17. The van der Waals surface area contributed by atoms with Crippen LogP contribution in [0.5, 0.6) is 0 Å². The molecule has 1 aromatic rings. The third kappa shape index (κ3) is 6.54. The van der Waals surface area contributed by atoms with E-state index in [0.29, 0.717) is 18.5 Å². The summed E-state index contributed by atoms with van der Waals surface area (Å²) in [5.41, 5.74) is 0.130. The van der Waals surface area contributed by atoms with Crippen molar-refractivity contribution in [2.75, 3.05) is 32.1 Å². The minimum atomic E-state index is 0.130. The normalized spacial score (nSPS) is 11.8. The van der Waals surface area contributed by atoms with E-state index < -0.39 is 0 Å². The van der Waals surface area contributed by atoms with E-state index in [1.54, 1.807) is 7.11 Å². The van der Waals surface area contributed by atoms with Gasteiger partial charge in [0, 0.05) is 20.3 Å². The molecular formula is C13H26N4O2. The lowest BCUT2D eigenvalue weighted by Gasteiger charge is -2.23. The summed E-state index contributed by atoms with van der Waals surface area (Å²) in [7, 11) is 1.72. The first kappa shape index (κ1) is 15.9. The maximum atomic E-state index is 5.50. The van der Waals surface area contributed by atoms with Crippen molar-refractivity contribution in [2.24, 2.45) is 5.41 Å². The summed E-state index contributed by atoms with van der Waals surface area (Å²) < 4.78 is 10.6. The minimum absolute atomic E-state index is 0.130. The topological polar surface area (TPSA) is 72.2 Å². The lowest BCUT2D eigenvalue weighted by molar-refractivity contribution is 0.156. The fraction of sp³-hybridized carbons (Fsp3) is 0.846. The van der Waals surface area contributed by atoms with E-state index in [-0.39, 0.29) is 5.41 Å². The first-order chi connectivity index (χ1) is 9.07. The molecule has 0 aliphatic rings. The van der Waals surface area contributed by atoms with Gasteiger partial charge in [-0.1, -0.05) is 25.9 Å². The second-order valence-electron chi connectivity index (χ2n) is 5.44. The van der Waals surface area contributed by atoms with E-state index in [1.807, 2.05) is 0 Å². The first-order valence-electron chi connectivity index (χ1n) is 6.83. The number of aromatic nitrogens is 2. The number of hydrogen-bond acceptors (Lipinski definition) is 6. The summed E-state index contributed by atoms with van der Waals surface area (Å²) in [5.74, 6) is 0.616. The number of rotatable bonds is 10. The van der Waals surface area contributed by atoms with E-state index in [4.69, 9.17) is 9.15 Å². The Bertz CT molecular complexity index is 352. The van der Waals surface area contributed by atoms with Crippen LogP contribution in [0.15, 0.2) is 4.42 Å². The maximum Gasteiger partial charge on any atom is 0.315 e. The molecule has 2 N–H and O–H groups in total. The number of hydrogen-bond donors (Lipinski definition) is 2. The van der Waals surface area contributed by atoms with E-state index in [2.05, 4.69) is 41.6 Å². The number of nitrogens with zero attached hydrogens (tertiary/aromatic N) is 2. The monoisotopic (exact) mass is 270 g/mol. The fourth-order valence-corrected chi connectivity index (χ4v) is 1.55. The molecule has 1 rings (SSSR count). The molecule has 0 atom stereocenters. The van der Waals surface area contributed by atoms with Crippen LogP contribution >= 0.6 is 0 Å². The molecule has 0 spiro atoms. The molecule has 0 aromatic carbocycles. The largest absolute Gasteiger partial charge is 0.407 e. The van der Waals surface area contributed by atoms with Crippen molar-refractivity contribution >= 4 is 6.01 Å². The summed E-state index contributed by atoms with van der Waals surface area (Å²) in [6.45, 7) is 9.59. The zero-order chi connectivity index (χ0) is 14.1. The van der Waals surface area contributed by atoms with Crippen LogP contribution in [0.4, 0.5) is 6.01 Å². The third-order valence-corrected chi connectivity index (χ3v) is 2.87.